The van der Waals surface area contributed by atoms with Crippen LogP contribution in [0.3, 0.4) is 0 Å². The minimum absolute atomic E-state index is 0.845. The predicted octanol–water partition coefficient (Wildman–Crippen LogP) is 1.84. The average molecular weight is 242 g/mol. The Hall–Kier alpha value is -0.680. The molecular weight excluding hydrogens is 220 g/mol. The first-order valence-corrected chi connectivity index (χ1v) is 6.65. The summed E-state index contributed by atoms with van der Waals surface area (Å²) in [6.45, 7) is 6.13. The van der Waals surface area contributed by atoms with E-state index in [-0.39, 0.29) is 0 Å². The van der Waals surface area contributed by atoms with Crippen LogP contribution in [-0.4, -0.2) is 41.1 Å². The van der Waals surface area contributed by atoms with E-state index in [4.69, 9.17) is 5.73 Å². The highest BCUT2D eigenvalue weighted by Gasteiger charge is 2.12. The Balaban J connectivity index is 2.68. The summed E-state index contributed by atoms with van der Waals surface area (Å²) in [4.78, 5) is 2.18. The number of hydrogen-bond acceptors (Lipinski definition) is 4. The lowest BCUT2D eigenvalue weighted by molar-refractivity contribution is 0.437. The highest BCUT2D eigenvalue weighted by molar-refractivity contribution is 7.99. The van der Waals surface area contributed by atoms with Crippen LogP contribution in [0, 0.1) is 6.92 Å². The highest BCUT2D eigenvalue weighted by atomic mass is 32.2. The molecule has 0 spiro atoms. The number of anilines is 1. The molecule has 92 valence electrons. The molecule has 4 nitrogen and oxygen atoms in total. The van der Waals surface area contributed by atoms with E-state index in [2.05, 4.69) is 31.0 Å². The monoisotopic (exact) mass is 242 g/mol. The van der Waals surface area contributed by atoms with Gasteiger partial charge in [0.15, 0.2) is 0 Å². The smallest absolute Gasteiger partial charge is 0.117 e. The first-order chi connectivity index (χ1) is 7.56. The van der Waals surface area contributed by atoms with Gasteiger partial charge in [0.2, 0.25) is 0 Å². The molecule has 5 heteroatoms. The molecule has 1 rings (SSSR count). The molecule has 1 heterocycles. The van der Waals surface area contributed by atoms with E-state index in [1.54, 1.807) is 11.8 Å². The van der Waals surface area contributed by atoms with E-state index >= 15 is 0 Å². The van der Waals surface area contributed by atoms with Gasteiger partial charge in [-0.2, -0.15) is 5.10 Å². The van der Waals surface area contributed by atoms with Crippen molar-refractivity contribution in [2.75, 3.05) is 32.1 Å². The van der Waals surface area contributed by atoms with Crippen LogP contribution in [0.1, 0.15) is 19.0 Å². The number of aromatic nitrogens is 2. The number of rotatable bonds is 6. The quantitative estimate of drug-likeness (QED) is 0.773. The molecule has 0 bridgehead atoms. The van der Waals surface area contributed by atoms with Crippen LogP contribution in [0.2, 0.25) is 0 Å². The average Bonchev–Trinajstić information content (AvgIpc) is 2.46. The van der Waals surface area contributed by atoms with E-state index in [1.807, 2.05) is 11.6 Å². The van der Waals surface area contributed by atoms with Gasteiger partial charge < -0.3 is 10.6 Å². The van der Waals surface area contributed by atoms with Crippen LogP contribution in [0.25, 0.3) is 0 Å². The fourth-order valence-corrected chi connectivity index (χ4v) is 2.65. The van der Waals surface area contributed by atoms with E-state index < -0.39 is 0 Å². The van der Waals surface area contributed by atoms with Crippen LogP contribution in [-0.2, 0) is 6.54 Å². The largest absolute Gasteiger partial charge is 0.395 e. The third-order valence-electron chi connectivity index (χ3n) is 2.34. The topological polar surface area (TPSA) is 47.1 Å². The highest BCUT2D eigenvalue weighted by Crippen LogP contribution is 2.27. The molecule has 0 fully saturated rings. The predicted molar refractivity (Wildman–Crippen MR) is 70.9 cm³/mol. The maximum atomic E-state index is 6.03. The summed E-state index contributed by atoms with van der Waals surface area (Å²) >= 11 is 1.80. The van der Waals surface area contributed by atoms with Crippen LogP contribution in [0.4, 0.5) is 5.69 Å². The van der Waals surface area contributed by atoms with Gasteiger partial charge in [0.1, 0.15) is 5.03 Å². The molecule has 1 aromatic rings. The fourth-order valence-electron chi connectivity index (χ4n) is 1.41. The number of nitrogens with two attached hydrogens (primary N) is 1. The van der Waals surface area contributed by atoms with E-state index in [0.29, 0.717) is 0 Å². The molecule has 0 saturated heterocycles. The van der Waals surface area contributed by atoms with Crippen LogP contribution in [0.15, 0.2) is 5.03 Å². The zero-order valence-electron chi connectivity index (χ0n) is 10.7. The summed E-state index contributed by atoms with van der Waals surface area (Å²) in [6, 6.07) is 0. The first-order valence-electron chi connectivity index (χ1n) is 5.66. The van der Waals surface area contributed by atoms with E-state index in [1.165, 1.54) is 0 Å². The Morgan fingerprint density at radius 3 is 2.69 bits per heavy atom. The summed E-state index contributed by atoms with van der Waals surface area (Å²) in [7, 11) is 4.16. The molecule has 0 atom stereocenters. The summed E-state index contributed by atoms with van der Waals surface area (Å²) in [5.74, 6) is 1.05. The molecule has 0 amide bonds. The van der Waals surface area contributed by atoms with Gasteiger partial charge in [-0.3, -0.25) is 4.68 Å². The van der Waals surface area contributed by atoms with Crippen molar-refractivity contribution in [3.63, 3.8) is 0 Å². The maximum absolute atomic E-state index is 6.03. The van der Waals surface area contributed by atoms with Gasteiger partial charge >= 0.3 is 0 Å². The number of nitrogen functional groups attached to an aromatic ring is 1. The van der Waals surface area contributed by atoms with Crippen molar-refractivity contribution in [1.29, 1.82) is 0 Å². The van der Waals surface area contributed by atoms with Crippen molar-refractivity contribution < 1.29 is 0 Å². The lowest BCUT2D eigenvalue weighted by atomic mass is 10.4. The van der Waals surface area contributed by atoms with Gasteiger partial charge in [0, 0.05) is 18.8 Å². The third-order valence-corrected chi connectivity index (χ3v) is 3.43. The van der Waals surface area contributed by atoms with Crippen molar-refractivity contribution in [2.24, 2.45) is 0 Å². The fraction of sp³-hybridized carbons (Fsp3) is 0.727. The molecular formula is C11H22N4S. The second-order valence-corrected chi connectivity index (χ2v) is 5.26. The number of nitrogens with zero attached hydrogens (tertiary/aromatic N) is 3. The van der Waals surface area contributed by atoms with Crippen molar-refractivity contribution in [2.45, 2.75) is 31.8 Å². The van der Waals surface area contributed by atoms with Crippen LogP contribution in [0.5, 0.6) is 0 Å². The molecule has 0 aliphatic carbocycles. The second-order valence-electron chi connectivity index (χ2n) is 4.18. The minimum Gasteiger partial charge on any atom is -0.395 e. The molecule has 16 heavy (non-hydrogen) atoms. The van der Waals surface area contributed by atoms with Gasteiger partial charge in [0.05, 0.1) is 11.4 Å². The Morgan fingerprint density at radius 1 is 1.44 bits per heavy atom. The SMILES string of the molecule is CCCn1nc(C)c(N)c1SCCN(C)C. The summed E-state index contributed by atoms with van der Waals surface area (Å²) in [5.41, 5.74) is 7.82. The van der Waals surface area contributed by atoms with E-state index in [9.17, 15) is 0 Å². The number of thioether (sulfide) groups is 1. The number of hydrogen-bond donors (Lipinski definition) is 1. The third kappa shape index (κ3) is 3.42. The van der Waals surface area contributed by atoms with E-state index in [0.717, 1.165) is 41.7 Å². The summed E-state index contributed by atoms with van der Waals surface area (Å²) < 4.78 is 2.03. The Bertz CT molecular complexity index is 333. The molecule has 1 aromatic heterocycles. The van der Waals surface area contributed by atoms with Gasteiger partial charge in [0.25, 0.3) is 0 Å². The summed E-state index contributed by atoms with van der Waals surface area (Å²) in [6.07, 6.45) is 1.09. The lowest BCUT2D eigenvalue weighted by Crippen LogP contribution is -2.15. The Morgan fingerprint density at radius 2 is 2.12 bits per heavy atom. The second kappa shape index (κ2) is 6.15. The Kier molecular flexibility index (Phi) is 5.15. The minimum atomic E-state index is 0.845. The normalized spacial score (nSPS) is 11.3. The summed E-state index contributed by atoms with van der Waals surface area (Å²) in [5, 5.41) is 5.58. The van der Waals surface area contributed by atoms with Crippen molar-refractivity contribution >= 4 is 17.4 Å². The Labute approximate surface area is 102 Å². The van der Waals surface area contributed by atoms with Crippen LogP contribution < -0.4 is 5.73 Å². The van der Waals surface area contributed by atoms with Crippen LogP contribution >= 0.6 is 11.8 Å². The zero-order valence-corrected chi connectivity index (χ0v) is 11.5. The van der Waals surface area contributed by atoms with Gasteiger partial charge in [-0.05, 0) is 27.4 Å². The van der Waals surface area contributed by atoms with Crippen molar-refractivity contribution in [3.05, 3.63) is 5.69 Å². The van der Waals surface area contributed by atoms with Crippen molar-refractivity contribution in [1.82, 2.24) is 14.7 Å². The molecule has 0 radical (unpaired) electrons. The lowest BCUT2D eigenvalue weighted by Gasteiger charge is -2.10. The molecule has 2 N–H and O–H groups in total. The first kappa shape index (κ1) is 13.4. The molecule has 0 aromatic carbocycles. The van der Waals surface area contributed by atoms with Gasteiger partial charge in [-0.15, -0.1) is 11.8 Å². The molecule has 0 aliphatic rings. The zero-order chi connectivity index (χ0) is 12.1. The number of aryl methyl sites for hydroxylation is 2. The molecule has 0 saturated carbocycles. The maximum Gasteiger partial charge on any atom is 0.117 e. The molecule has 0 aliphatic heterocycles. The molecule has 0 unspecified atom stereocenters. The van der Waals surface area contributed by atoms with Crippen molar-refractivity contribution in [3.8, 4) is 0 Å². The van der Waals surface area contributed by atoms with Gasteiger partial charge in [-0.25, -0.2) is 0 Å². The van der Waals surface area contributed by atoms with Gasteiger partial charge in [-0.1, -0.05) is 6.92 Å². The standard InChI is InChI=1S/C11H22N4S/c1-5-6-15-11(10(12)9(2)13-15)16-8-7-14(3)4/h5-8,12H2,1-4H3.